The predicted octanol–water partition coefficient (Wildman–Crippen LogP) is 2.41. The molecule has 2 unspecified atom stereocenters. The molecule has 0 spiro atoms. The van der Waals surface area contributed by atoms with Gasteiger partial charge in [-0.05, 0) is 32.3 Å². The molecule has 0 amide bonds. The number of aliphatic hydroxyl groups is 1. The number of ether oxygens (including phenoxy) is 2. The molecule has 2 rings (SSSR count). The van der Waals surface area contributed by atoms with Crippen LogP contribution in [-0.4, -0.2) is 37.6 Å². The van der Waals surface area contributed by atoms with E-state index in [0.29, 0.717) is 6.61 Å². The summed E-state index contributed by atoms with van der Waals surface area (Å²) in [5.74, 6) is 0.886. The summed E-state index contributed by atoms with van der Waals surface area (Å²) in [4.78, 5) is 0. The number of aryl methyl sites for hydroxylation is 1. The lowest BCUT2D eigenvalue weighted by Gasteiger charge is -2.29. The third-order valence-corrected chi connectivity index (χ3v) is 3.96. The third-order valence-electron chi connectivity index (χ3n) is 3.96. The highest BCUT2D eigenvalue weighted by Gasteiger charge is 2.25. The summed E-state index contributed by atoms with van der Waals surface area (Å²) in [6.45, 7) is 4.35. The highest BCUT2D eigenvalue weighted by Crippen LogP contribution is 2.27. The van der Waals surface area contributed by atoms with Crippen molar-refractivity contribution in [2.75, 3.05) is 20.3 Å². The molecule has 0 saturated heterocycles. The van der Waals surface area contributed by atoms with Gasteiger partial charge in [0.05, 0.1) is 12.7 Å². The van der Waals surface area contributed by atoms with Crippen LogP contribution in [0.5, 0.6) is 5.75 Å². The highest BCUT2D eigenvalue weighted by atomic mass is 16.5. The Balaban J connectivity index is 2.00. The molecule has 21 heavy (non-hydrogen) atoms. The van der Waals surface area contributed by atoms with Gasteiger partial charge >= 0.3 is 0 Å². The summed E-state index contributed by atoms with van der Waals surface area (Å²) in [5, 5.41) is 13.4. The zero-order chi connectivity index (χ0) is 15.1. The van der Waals surface area contributed by atoms with E-state index in [1.807, 2.05) is 6.07 Å². The van der Waals surface area contributed by atoms with E-state index >= 15 is 0 Å². The van der Waals surface area contributed by atoms with Crippen molar-refractivity contribution in [3.05, 3.63) is 29.3 Å². The summed E-state index contributed by atoms with van der Waals surface area (Å²) < 4.78 is 11.1. The van der Waals surface area contributed by atoms with Gasteiger partial charge in [0.2, 0.25) is 0 Å². The number of aliphatic hydroxyl groups excluding tert-OH is 1. The molecule has 0 radical (unpaired) electrons. The zero-order valence-corrected chi connectivity index (χ0v) is 13.1. The summed E-state index contributed by atoms with van der Waals surface area (Å²) in [6, 6.07) is 6.22. The second-order valence-electron chi connectivity index (χ2n) is 5.79. The van der Waals surface area contributed by atoms with Crippen molar-refractivity contribution < 1.29 is 14.6 Å². The fourth-order valence-corrected chi connectivity index (χ4v) is 2.74. The van der Waals surface area contributed by atoms with Crippen LogP contribution in [0.3, 0.4) is 0 Å². The number of nitrogens with one attached hydrogen (secondary N) is 1. The van der Waals surface area contributed by atoms with Gasteiger partial charge in [-0.2, -0.15) is 0 Å². The summed E-state index contributed by atoms with van der Waals surface area (Å²) in [5.41, 5.74) is 2.36. The van der Waals surface area contributed by atoms with Crippen LogP contribution in [-0.2, 0) is 11.3 Å². The number of methoxy groups -OCH3 is 1. The first-order valence-electron chi connectivity index (χ1n) is 7.84. The maximum atomic E-state index is 10.1. The van der Waals surface area contributed by atoms with Crippen LogP contribution in [0.2, 0.25) is 0 Å². The smallest absolute Gasteiger partial charge is 0.124 e. The van der Waals surface area contributed by atoms with Crippen LogP contribution < -0.4 is 10.1 Å². The number of benzene rings is 1. The molecule has 2 atom stereocenters. The van der Waals surface area contributed by atoms with Crippen LogP contribution in [0.25, 0.3) is 0 Å². The Morgan fingerprint density at radius 3 is 2.86 bits per heavy atom. The van der Waals surface area contributed by atoms with Crippen molar-refractivity contribution >= 4 is 0 Å². The second-order valence-corrected chi connectivity index (χ2v) is 5.79. The number of hydrogen-bond donors (Lipinski definition) is 2. The first-order valence-corrected chi connectivity index (χ1v) is 7.84. The van der Waals surface area contributed by atoms with Crippen molar-refractivity contribution in [1.29, 1.82) is 0 Å². The van der Waals surface area contributed by atoms with Crippen LogP contribution in [0.1, 0.15) is 36.8 Å². The van der Waals surface area contributed by atoms with Crippen molar-refractivity contribution in [2.45, 2.75) is 51.4 Å². The average Bonchev–Trinajstić information content (AvgIpc) is 2.48. The molecular formula is C17H27NO3. The average molecular weight is 293 g/mol. The van der Waals surface area contributed by atoms with Gasteiger partial charge in [-0.25, -0.2) is 0 Å². The Morgan fingerprint density at radius 1 is 1.29 bits per heavy atom. The first-order chi connectivity index (χ1) is 10.2. The molecule has 118 valence electrons. The van der Waals surface area contributed by atoms with Crippen molar-refractivity contribution in [1.82, 2.24) is 5.32 Å². The second kappa shape index (κ2) is 8.37. The van der Waals surface area contributed by atoms with Crippen molar-refractivity contribution in [2.24, 2.45) is 0 Å². The molecule has 1 aliphatic rings. The molecule has 0 aliphatic heterocycles. The third kappa shape index (κ3) is 4.99. The van der Waals surface area contributed by atoms with Gasteiger partial charge in [0.1, 0.15) is 11.9 Å². The van der Waals surface area contributed by atoms with Gasteiger partial charge in [-0.15, -0.1) is 0 Å². The normalized spacial score (nSPS) is 22.2. The Hall–Kier alpha value is -1.10. The number of hydrogen-bond acceptors (Lipinski definition) is 4. The van der Waals surface area contributed by atoms with E-state index in [4.69, 9.17) is 9.47 Å². The minimum absolute atomic E-state index is 0.0702. The summed E-state index contributed by atoms with van der Waals surface area (Å²) >= 11 is 0. The first kappa shape index (κ1) is 16.3. The molecule has 0 heterocycles. The molecular weight excluding hydrogens is 266 g/mol. The van der Waals surface area contributed by atoms with E-state index in [1.165, 1.54) is 5.56 Å². The summed E-state index contributed by atoms with van der Waals surface area (Å²) in [6.07, 6.45) is 3.60. The molecule has 4 heteroatoms. The molecule has 2 N–H and O–H groups in total. The van der Waals surface area contributed by atoms with Crippen LogP contribution in [0.15, 0.2) is 18.2 Å². The Bertz CT molecular complexity index is 436. The van der Waals surface area contributed by atoms with Crippen LogP contribution >= 0.6 is 0 Å². The van der Waals surface area contributed by atoms with Gasteiger partial charge in [0.15, 0.2) is 0 Å². The van der Waals surface area contributed by atoms with Crippen molar-refractivity contribution in [3.8, 4) is 5.75 Å². The van der Waals surface area contributed by atoms with Gasteiger partial charge in [0.25, 0.3) is 0 Å². The van der Waals surface area contributed by atoms with E-state index in [9.17, 15) is 5.11 Å². The van der Waals surface area contributed by atoms with Gasteiger partial charge in [0, 0.05) is 25.8 Å². The van der Waals surface area contributed by atoms with E-state index in [-0.39, 0.29) is 12.2 Å². The molecule has 1 fully saturated rings. The van der Waals surface area contributed by atoms with Crippen LogP contribution in [0.4, 0.5) is 0 Å². The molecule has 1 aliphatic carbocycles. The standard InChI is InChI=1S/C17H27NO3/c1-13-7-8-16(14(11-13)12-18-9-10-20-2)21-17-6-4-3-5-15(17)19/h7-8,11,15,17-19H,3-6,9-10,12H2,1-2H3. The quantitative estimate of drug-likeness (QED) is 0.758. The SMILES string of the molecule is COCCNCc1cc(C)ccc1OC1CCCCC1O. The molecule has 0 aromatic heterocycles. The molecule has 1 saturated carbocycles. The lowest BCUT2D eigenvalue weighted by Crippen LogP contribution is -2.35. The highest BCUT2D eigenvalue weighted by molar-refractivity contribution is 5.37. The van der Waals surface area contributed by atoms with E-state index in [1.54, 1.807) is 7.11 Å². The lowest BCUT2D eigenvalue weighted by atomic mass is 9.94. The largest absolute Gasteiger partial charge is 0.487 e. The Kier molecular flexibility index (Phi) is 6.49. The fraction of sp³-hybridized carbons (Fsp3) is 0.647. The van der Waals surface area contributed by atoms with E-state index in [2.05, 4.69) is 24.4 Å². The van der Waals surface area contributed by atoms with Crippen LogP contribution in [0, 0.1) is 6.92 Å². The molecule has 1 aromatic rings. The monoisotopic (exact) mass is 293 g/mol. The molecule has 1 aromatic carbocycles. The van der Waals surface area contributed by atoms with E-state index in [0.717, 1.165) is 50.1 Å². The Labute approximate surface area is 127 Å². The number of rotatable bonds is 7. The summed E-state index contributed by atoms with van der Waals surface area (Å²) in [7, 11) is 1.70. The Morgan fingerprint density at radius 2 is 2.10 bits per heavy atom. The minimum atomic E-state index is -0.339. The fourth-order valence-electron chi connectivity index (χ4n) is 2.74. The zero-order valence-electron chi connectivity index (χ0n) is 13.1. The van der Waals surface area contributed by atoms with E-state index < -0.39 is 0 Å². The van der Waals surface area contributed by atoms with Gasteiger partial charge in [-0.1, -0.05) is 24.1 Å². The molecule has 4 nitrogen and oxygen atoms in total. The van der Waals surface area contributed by atoms with Gasteiger partial charge in [-0.3, -0.25) is 0 Å². The minimum Gasteiger partial charge on any atom is -0.487 e. The maximum Gasteiger partial charge on any atom is 0.124 e. The maximum absolute atomic E-state index is 10.1. The van der Waals surface area contributed by atoms with Gasteiger partial charge < -0.3 is 19.9 Å². The topological polar surface area (TPSA) is 50.7 Å². The van der Waals surface area contributed by atoms with Crippen molar-refractivity contribution in [3.63, 3.8) is 0 Å². The predicted molar refractivity (Wildman–Crippen MR) is 83.7 cm³/mol. The molecule has 0 bridgehead atoms. The lowest BCUT2D eigenvalue weighted by molar-refractivity contribution is 0.00634.